The van der Waals surface area contributed by atoms with Gasteiger partial charge in [-0.3, -0.25) is 9.59 Å². The summed E-state index contributed by atoms with van der Waals surface area (Å²) in [6.45, 7) is 5.04. The SMILES string of the molecule is CCOc1ccc(C2=C(O)C3(CCSCC3)NC2=O)c(Br)c1.CCOc1ccc(C2=C(OC(=S)SC)C3(CCSCC3)NC2=O)c(Br)c1. The van der Waals surface area contributed by atoms with Crippen molar-refractivity contribution >= 4 is 107 Å². The molecule has 258 valence electrons. The molecule has 3 N–H and O–H groups in total. The number of aliphatic hydroxyl groups is 1. The van der Waals surface area contributed by atoms with Gasteiger partial charge < -0.3 is 30.0 Å². The first-order chi connectivity index (χ1) is 23.1. The van der Waals surface area contributed by atoms with Gasteiger partial charge in [0.15, 0.2) is 0 Å². The van der Waals surface area contributed by atoms with E-state index in [0.717, 1.165) is 74.7 Å². The van der Waals surface area contributed by atoms with Crippen LogP contribution in [-0.4, -0.2) is 74.9 Å². The van der Waals surface area contributed by atoms with Crippen LogP contribution in [0.2, 0.25) is 0 Å². The molecule has 2 spiro atoms. The van der Waals surface area contributed by atoms with Crippen LogP contribution in [0.5, 0.6) is 11.5 Å². The standard InChI is InChI=1S/C18H20BrNO3S3.C16H18BrNO3S/c1-3-22-11-4-5-12(13(19)10-11)14-15(23-17(24)25-2)18(20-16(14)21)6-8-26-9-7-18;1-2-21-10-3-4-11(12(17)9-10)13-14(19)16(18-15(13)20)5-7-22-8-6-16/h4-5,10H,3,6-9H2,1-2H3,(H,20,21);3-4,9,19H,2,5-8H2,1H3,(H,18,20). The molecule has 4 heterocycles. The Balaban J connectivity index is 0.000000190. The molecule has 14 heteroatoms. The van der Waals surface area contributed by atoms with Crippen molar-refractivity contribution in [1.29, 1.82) is 0 Å². The number of carbonyl (C=O) groups excluding carboxylic acids is 2. The van der Waals surface area contributed by atoms with Crippen LogP contribution in [0.1, 0.15) is 50.7 Å². The molecule has 0 radical (unpaired) electrons. The molecule has 0 unspecified atom stereocenters. The molecule has 2 saturated heterocycles. The number of carbonyl (C=O) groups is 2. The normalized spacial score (nSPS) is 19.5. The summed E-state index contributed by atoms with van der Waals surface area (Å²) >= 11 is 17.5. The fourth-order valence-electron chi connectivity index (χ4n) is 6.20. The van der Waals surface area contributed by atoms with Gasteiger partial charge in [0.05, 0.1) is 29.9 Å². The van der Waals surface area contributed by atoms with Crippen molar-refractivity contribution in [3.8, 4) is 11.5 Å². The molecule has 0 atom stereocenters. The summed E-state index contributed by atoms with van der Waals surface area (Å²) in [5.41, 5.74) is 1.39. The second-order valence-electron chi connectivity index (χ2n) is 11.4. The zero-order valence-electron chi connectivity index (χ0n) is 26.9. The van der Waals surface area contributed by atoms with Crippen molar-refractivity contribution in [2.75, 3.05) is 42.5 Å². The minimum Gasteiger partial charge on any atom is -0.509 e. The number of hydrogen-bond donors (Lipinski definition) is 3. The first kappa shape index (κ1) is 37.4. The van der Waals surface area contributed by atoms with Crippen molar-refractivity contribution in [3.05, 3.63) is 68.0 Å². The van der Waals surface area contributed by atoms with Gasteiger partial charge in [0.25, 0.3) is 11.8 Å². The van der Waals surface area contributed by atoms with Gasteiger partial charge in [0, 0.05) is 20.1 Å². The van der Waals surface area contributed by atoms with Crippen molar-refractivity contribution < 1.29 is 28.9 Å². The van der Waals surface area contributed by atoms with Crippen LogP contribution in [0.3, 0.4) is 0 Å². The number of nitrogens with one attached hydrogen (secondary N) is 2. The van der Waals surface area contributed by atoms with E-state index in [1.165, 1.54) is 11.8 Å². The Morgan fingerprint density at radius 1 is 0.833 bits per heavy atom. The number of thiocarbonyl (C=S) groups is 1. The van der Waals surface area contributed by atoms with Gasteiger partial charge in [-0.05, 0) is 117 Å². The van der Waals surface area contributed by atoms with Gasteiger partial charge in [0.1, 0.15) is 28.6 Å². The molecule has 8 nitrogen and oxygen atoms in total. The highest BCUT2D eigenvalue weighted by Gasteiger charge is 2.49. The Kier molecular flexibility index (Phi) is 12.8. The molecule has 6 rings (SSSR count). The number of benzene rings is 2. The third-order valence-corrected chi connectivity index (χ3v) is 12.9. The van der Waals surface area contributed by atoms with Gasteiger partial charge in [0.2, 0.25) is 4.38 Å². The van der Waals surface area contributed by atoms with Crippen molar-refractivity contribution in [2.45, 2.75) is 50.6 Å². The van der Waals surface area contributed by atoms with Gasteiger partial charge in [-0.25, -0.2) is 0 Å². The summed E-state index contributed by atoms with van der Waals surface area (Å²) in [5.74, 6) is 5.88. The maximum Gasteiger partial charge on any atom is 0.256 e. The highest BCUT2D eigenvalue weighted by Crippen LogP contribution is 2.45. The second-order valence-corrected chi connectivity index (χ2v) is 17.0. The lowest BCUT2D eigenvalue weighted by Gasteiger charge is -2.34. The summed E-state index contributed by atoms with van der Waals surface area (Å²) in [6.07, 6.45) is 5.10. The minimum absolute atomic E-state index is 0.110. The molecule has 48 heavy (non-hydrogen) atoms. The molecule has 0 aromatic heterocycles. The van der Waals surface area contributed by atoms with Crippen LogP contribution in [0.15, 0.2) is 56.9 Å². The number of ether oxygens (including phenoxy) is 3. The third kappa shape index (κ3) is 7.88. The molecular weight excluding hydrogens is 820 g/mol. The van der Waals surface area contributed by atoms with E-state index >= 15 is 0 Å². The van der Waals surface area contributed by atoms with Crippen LogP contribution >= 0.6 is 79.4 Å². The van der Waals surface area contributed by atoms with E-state index in [9.17, 15) is 14.7 Å². The Hall–Kier alpha value is -1.84. The highest BCUT2D eigenvalue weighted by atomic mass is 79.9. The zero-order valence-corrected chi connectivity index (χ0v) is 33.4. The lowest BCUT2D eigenvalue weighted by atomic mass is 9.89. The summed E-state index contributed by atoms with van der Waals surface area (Å²) in [7, 11) is 0. The molecule has 2 aromatic rings. The Morgan fingerprint density at radius 3 is 1.77 bits per heavy atom. The van der Waals surface area contributed by atoms with Crippen LogP contribution < -0.4 is 20.1 Å². The Bertz CT molecular complexity index is 1640. The fourth-order valence-corrected chi connectivity index (χ4v) is 9.94. The number of halogens is 2. The van der Waals surface area contributed by atoms with Crippen molar-refractivity contribution in [2.24, 2.45) is 0 Å². The molecule has 2 fully saturated rings. The quantitative estimate of drug-likeness (QED) is 0.237. The Labute approximate surface area is 316 Å². The van der Waals surface area contributed by atoms with E-state index in [1.807, 2.05) is 80.0 Å². The minimum atomic E-state index is -0.574. The maximum atomic E-state index is 12.9. The third-order valence-electron chi connectivity index (χ3n) is 8.60. The van der Waals surface area contributed by atoms with Gasteiger partial charge in [-0.2, -0.15) is 23.5 Å². The van der Waals surface area contributed by atoms with Gasteiger partial charge >= 0.3 is 0 Å². The van der Waals surface area contributed by atoms with E-state index in [0.29, 0.717) is 40.1 Å². The molecule has 0 saturated carbocycles. The predicted octanol–water partition coefficient (Wildman–Crippen LogP) is 8.13. The van der Waals surface area contributed by atoms with Gasteiger partial charge in [-0.1, -0.05) is 43.6 Å². The topological polar surface area (TPSA) is 106 Å². The Morgan fingerprint density at radius 2 is 1.29 bits per heavy atom. The van der Waals surface area contributed by atoms with Crippen molar-refractivity contribution in [3.63, 3.8) is 0 Å². The van der Waals surface area contributed by atoms with Gasteiger partial charge in [-0.15, -0.1) is 0 Å². The highest BCUT2D eigenvalue weighted by molar-refractivity contribution is 9.10. The number of thioether (sulfide) groups is 3. The van der Waals surface area contributed by atoms with Crippen LogP contribution in [0.4, 0.5) is 0 Å². The molecular formula is C34H38Br2N2O6S4. The van der Waals surface area contributed by atoms with Crippen LogP contribution in [0.25, 0.3) is 11.1 Å². The van der Waals surface area contributed by atoms with E-state index in [2.05, 4.69) is 42.5 Å². The first-order valence-electron chi connectivity index (χ1n) is 15.7. The smallest absolute Gasteiger partial charge is 0.256 e. The van der Waals surface area contributed by atoms with E-state index < -0.39 is 11.1 Å². The van der Waals surface area contributed by atoms with Crippen molar-refractivity contribution in [1.82, 2.24) is 10.6 Å². The number of hydrogen-bond acceptors (Lipinski definition) is 10. The number of rotatable bonds is 7. The average molecular weight is 859 g/mol. The summed E-state index contributed by atoms with van der Waals surface area (Å²) in [5, 5.41) is 16.9. The number of amides is 2. The van der Waals surface area contributed by atoms with Crippen LogP contribution in [0, 0.1) is 0 Å². The molecule has 0 aliphatic carbocycles. The van der Waals surface area contributed by atoms with E-state index in [4.69, 9.17) is 26.4 Å². The van der Waals surface area contributed by atoms with E-state index in [1.54, 1.807) is 0 Å². The lowest BCUT2D eigenvalue weighted by molar-refractivity contribution is -0.117. The summed E-state index contributed by atoms with van der Waals surface area (Å²) in [6, 6.07) is 11.1. The summed E-state index contributed by atoms with van der Waals surface area (Å²) < 4.78 is 19.0. The second kappa shape index (κ2) is 16.5. The largest absolute Gasteiger partial charge is 0.509 e. The maximum absolute atomic E-state index is 12.9. The molecule has 4 aliphatic rings. The molecule has 2 aromatic carbocycles. The lowest BCUT2D eigenvalue weighted by Crippen LogP contribution is -2.48. The van der Waals surface area contributed by atoms with E-state index in [-0.39, 0.29) is 17.6 Å². The summed E-state index contributed by atoms with van der Waals surface area (Å²) in [4.78, 5) is 25.4. The first-order valence-corrected chi connectivity index (χ1v) is 21.2. The molecule has 0 bridgehead atoms. The monoisotopic (exact) mass is 856 g/mol. The zero-order chi connectivity index (χ0) is 34.5. The predicted molar refractivity (Wildman–Crippen MR) is 209 cm³/mol. The fraction of sp³-hybridized carbons (Fsp3) is 0.441. The molecule has 4 aliphatic heterocycles. The molecule has 2 amide bonds. The average Bonchev–Trinajstić information content (AvgIpc) is 3.45. The number of aliphatic hydroxyl groups excluding tert-OH is 1. The van der Waals surface area contributed by atoms with Crippen LogP contribution in [-0.2, 0) is 14.3 Å².